The Kier molecular flexibility index (Phi) is 4.43. The SMILES string of the molecule is CC(C)(C)c1ccc(C(C)(CC(=O)O)N2CCCC2)cc1. The van der Waals surface area contributed by atoms with Gasteiger partial charge in [0.15, 0.2) is 0 Å². The van der Waals surface area contributed by atoms with Crippen LogP contribution in [0.15, 0.2) is 24.3 Å². The highest BCUT2D eigenvalue weighted by Gasteiger charge is 2.37. The third kappa shape index (κ3) is 3.46. The lowest BCUT2D eigenvalue weighted by atomic mass is 9.82. The third-order valence-corrected chi connectivity index (χ3v) is 4.67. The lowest BCUT2D eigenvalue weighted by Crippen LogP contribution is -2.43. The van der Waals surface area contributed by atoms with Gasteiger partial charge in [-0.3, -0.25) is 9.69 Å². The van der Waals surface area contributed by atoms with E-state index in [9.17, 15) is 9.90 Å². The molecule has 0 aliphatic carbocycles. The number of carboxylic acids is 1. The van der Waals surface area contributed by atoms with Crippen LogP contribution >= 0.6 is 0 Å². The maximum absolute atomic E-state index is 11.3. The summed E-state index contributed by atoms with van der Waals surface area (Å²) >= 11 is 0. The Balaban J connectivity index is 2.34. The lowest BCUT2D eigenvalue weighted by molar-refractivity contribution is -0.140. The second kappa shape index (κ2) is 5.80. The first-order valence-electron chi connectivity index (χ1n) is 7.81. The van der Waals surface area contributed by atoms with Gasteiger partial charge < -0.3 is 5.11 Å². The number of aliphatic carboxylic acids is 1. The molecule has 1 heterocycles. The van der Waals surface area contributed by atoms with Crippen molar-refractivity contribution in [3.8, 4) is 0 Å². The normalized spacial score (nSPS) is 19.4. The predicted molar refractivity (Wildman–Crippen MR) is 85.6 cm³/mol. The van der Waals surface area contributed by atoms with E-state index in [0.29, 0.717) is 0 Å². The maximum atomic E-state index is 11.3. The summed E-state index contributed by atoms with van der Waals surface area (Å²) in [7, 11) is 0. The number of likely N-dealkylation sites (tertiary alicyclic amines) is 1. The summed E-state index contributed by atoms with van der Waals surface area (Å²) in [5.41, 5.74) is 2.11. The van der Waals surface area contributed by atoms with Gasteiger partial charge in [0, 0.05) is 0 Å². The van der Waals surface area contributed by atoms with Crippen molar-refractivity contribution in [3.63, 3.8) is 0 Å². The molecular weight excluding hydrogens is 262 g/mol. The maximum Gasteiger partial charge on any atom is 0.305 e. The van der Waals surface area contributed by atoms with Gasteiger partial charge in [0.2, 0.25) is 0 Å². The molecule has 1 aliphatic heterocycles. The molecular formula is C18H27NO2. The van der Waals surface area contributed by atoms with Gasteiger partial charge in [0.1, 0.15) is 0 Å². The van der Waals surface area contributed by atoms with Crippen LogP contribution in [0, 0.1) is 0 Å². The summed E-state index contributed by atoms with van der Waals surface area (Å²) in [6, 6.07) is 8.51. The van der Waals surface area contributed by atoms with Gasteiger partial charge in [0.25, 0.3) is 0 Å². The molecule has 1 fully saturated rings. The molecule has 1 aromatic rings. The van der Waals surface area contributed by atoms with Crippen LogP contribution in [0.25, 0.3) is 0 Å². The minimum Gasteiger partial charge on any atom is -0.481 e. The Morgan fingerprint density at radius 3 is 1.95 bits per heavy atom. The van der Waals surface area contributed by atoms with Crippen molar-refractivity contribution < 1.29 is 9.90 Å². The molecule has 0 amide bonds. The summed E-state index contributed by atoms with van der Waals surface area (Å²) < 4.78 is 0. The van der Waals surface area contributed by atoms with Gasteiger partial charge in [-0.2, -0.15) is 0 Å². The molecule has 0 spiro atoms. The first-order valence-corrected chi connectivity index (χ1v) is 7.81. The fourth-order valence-electron chi connectivity index (χ4n) is 3.23. The molecule has 2 rings (SSSR count). The highest BCUT2D eigenvalue weighted by molar-refractivity contribution is 5.69. The Bertz CT molecular complexity index is 495. The molecule has 0 aromatic heterocycles. The van der Waals surface area contributed by atoms with Crippen molar-refractivity contribution in [1.82, 2.24) is 4.90 Å². The predicted octanol–water partition coefficient (Wildman–Crippen LogP) is 3.77. The number of nitrogens with zero attached hydrogens (tertiary/aromatic N) is 1. The summed E-state index contributed by atoms with van der Waals surface area (Å²) in [6.07, 6.45) is 2.48. The summed E-state index contributed by atoms with van der Waals surface area (Å²) in [4.78, 5) is 13.7. The van der Waals surface area contributed by atoms with Gasteiger partial charge >= 0.3 is 5.97 Å². The minimum absolute atomic E-state index is 0.120. The van der Waals surface area contributed by atoms with Crippen molar-refractivity contribution in [2.75, 3.05) is 13.1 Å². The second-order valence-electron chi connectivity index (χ2n) is 7.37. The average molecular weight is 289 g/mol. The summed E-state index contributed by atoms with van der Waals surface area (Å²) in [5, 5.41) is 9.33. The number of rotatable bonds is 4. The molecule has 1 N–H and O–H groups in total. The van der Waals surface area contributed by atoms with Crippen LogP contribution in [-0.4, -0.2) is 29.1 Å². The summed E-state index contributed by atoms with van der Waals surface area (Å²) in [6.45, 7) is 10.6. The monoisotopic (exact) mass is 289 g/mol. The Morgan fingerprint density at radius 1 is 1.05 bits per heavy atom. The molecule has 3 nitrogen and oxygen atoms in total. The van der Waals surface area contributed by atoms with Gasteiger partial charge in [-0.05, 0) is 49.4 Å². The number of hydrogen-bond donors (Lipinski definition) is 1. The highest BCUT2D eigenvalue weighted by atomic mass is 16.4. The van der Waals surface area contributed by atoms with Crippen molar-refractivity contribution >= 4 is 5.97 Å². The van der Waals surface area contributed by atoms with Gasteiger partial charge in [0.05, 0.1) is 12.0 Å². The van der Waals surface area contributed by atoms with Crippen LogP contribution in [-0.2, 0) is 15.7 Å². The Morgan fingerprint density at radius 2 is 1.52 bits per heavy atom. The van der Waals surface area contributed by atoms with E-state index in [-0.39, 0.29) is 11.8 Å². The van der Waals surface area contributed by atoms with E-state index in [2.05, 4.69) is 56.9 Å². The topological polar surface area (TPSA) is 40.5 Å². The van der Waals surface area contributed by atoms with Crippen molar-refractivity contribution in [3.05, 3.63) is 35.4 Å². The van der Waals surface area contributed by atoms with E-state index in [4.69, 9.17) is 0 Å². The van der Waals surface area contributed by atoms with E-state index >= 15 is 0 Å². The molecule has 1 unspecified atom stereocenters. The smallest absolute Gasteiger partial charge is 0.305 e. The lowest BCUT2D eigenvalue weighted by Gasteiger charge is -2.38. The van der Waals surface area contributed by atoms with Gasteiger partial charge in [-0.1, -0.05) is 45.0 Å². The van der Waals surface area contributed by atoms with Crippen LogP contribution < -0.4 is 0 Å². The third-order valence-electron chi connectivity index (χ3n) is 4.67. The van der Waals surface area contributed by atoms with E-state index in [1.165, 1.54) is 5.56 Å². The largest absolute Gasteiger partial charge is 0.481 e. The fourth-order valence-corrected chi connectivity index (χ4v) is 3.23. The van der Waals surface area contributed by atoms with E-state index in [0.717, 1.165) is 31.5 Å². The highest BCUT2D eigenvalue weighted by Crippen LogP contribution is 2.35. The quantitative estimate of drug-likeness (QED) is 0.917. The van der Waals surface area contributed by atoms with E-state index in [1.54, 1.807) is 0 Å². The fraction of sp³-hybridized carbons (Fsp3) is 0.611. The molecule has 0 saturated carbocycles. The molecule has 0 bridgehead atoms. The molecule has 1 atom stereocenters. The zero-order valence-electron chi connectivity index (χ0n) is 13.6. The first-order chi connectivity index (χ1) is 9.73. The molecule has 0 radical (unpaired) electrons. The van der Waals surface area contributed by atoms with Crippen molar-refractivity contribution in [2.24, 2.45) is 0 Å². The number of carboxylic acid groups (broad SMARTS) is 1. The van der Waals surface area contributed by atoms with Gasteiger partial charge in [-0.25, -0.2) is 0 Å². The summed E-state index contributed by atoms with van der Waals surface area (Å²) in [5.74, 6) is -0.732. The van der Waals surface area contributed by atoms with Gasteiger partial charge in [-0.15, -0.1) is 0 Å². The molecule has 116 valence electrons. The Labute approximate surface area is 128 Å². The molecule has 1 aromatic carbocycles. The zero-order chi connectivity index (χ0) is 15.7. The van der Waals surface area contributed by atoms with Crippen LogP contribution in [0.2, 0.25) is 0 Å². The number of hydrogen-bond acceptors (Lipinski definition) is 2. The van der Waals surface area contributed by atoms with Crippen LogP contribution in [0.5, 0.6) is 0 Å². The van der Waals surface area contributed by atoms with Crippen molar-refractivity contribution in [2.45, 2.75) is 57.9 Å². The van der Waals surface area contributed by atoms with E-state index in [1.807, 2.05) is 0 Å². The molecule has 3 heteroatoms. The number of carbonyl (C=O) groups is 1. The minimum atomic E-state index is -0.732. The Hall–Kier alpha value is -1.35. The second-order valence-corrected chi connectivity index (χ2v) is 7.37. The van der Waals surface area contributed by atoms with Crippen LogP contribution in [0.3, 0.4) is 0 Å². The first kappa shape index (κ1) is 16.0. The van der Waals surface area contributed by atoms with Crippen LogP contribution in [0.4, 0.5) is 0 Å². The zero-order valence-corrected chi connectivity index (χ0v) is 13.6. The van der Waals surface area contributed by atoms with Crippen LogP contribution in [0.1, 0.15) is 58.1 Å². The molecule has 1 aliphatic rings. The molecule has 21 heavy (non-hydrogen) atoms. The average Bonchev–Trinajstić information content (AvgIpc) is 2.91. The molecule has 1 saturated heterocycles. The van der Waals surface area contributed by atoms with E-state index < -0.39 is 11.5 Å². The standard InChI is InChI=1S/C18H27NO2/c1-17(2,3)14-7-9-15(10-8-14)18(4,13-16(20)21)19-11-5-6-12-19/h7-10H,5-6,11-13H2,1-4H3,(H,20,21). The number of benzene rings is 1. The van der Waals surface area contributed by atoms with Crippen molar-refractivity contribution in [1.29, 1.82) is 0 Å².